The number of rotatable bonds is 6. The summed E-state index contributed by atoms with van der Waals surface area (Å²) in [5, 5.41) is 8.71. The van der Waals surface area contributed by atoms with Gasteiger partial charge in [-0.1, -0.05) is 0 Å². The van der Waals surface area contributed by atoms with E-state index in [4.69, 9.17) is 9.84 Å². The van der Waals surface area contributed by atoms with Crippen molar-refractivity contribution in [1.29, 1.82) is 0 Å². The predicted molar refractivity (Wildman–Crippen MR) is 62.1 cm³/mol. The smallest absolute Gasteiger partial charge is 0.313 e. The molecule has 0 bridgehead atoms. The Morgan fingerprint density at radius 2 is 2.25 bits per heavy atom. The molecular formula is C12H23NO3. The maximum absolute atomic E-state index is 11.8. The van der Waals surface area contributed by atoms with Gasteiger partial charge >= 0.3 is 5.97 Å². The van der Waals surface area contributed by atoms with Gasteiger partial charge in [0.05, 0.1) is 12.0 Å². The highest BCUT2D eigenvalue weighted by Gasteiger charge is 2.41. The number of unbranched alkanes of at least 4 members (excludes halogenated alkanes) is 1. The van der Waals surface area contributed by atoms with Crippen molar-refractivity contribution >= 4 is 5.97 Å². The molecule has 0 amide bonds. The van der Waals surface area contributed by atoms with Gasteiger partial charge in [0, 0.05) is 13.2 Å². The summed E-state index contributed by atoms with van der Waals surface area (Å²) in [6, 6.07) is 0. The van der Waals surface area contributed by atoms with Crippen LogP contribution < -0.4 is 0 Å². The second-order valence-electron chi connectivity index (χ2n) is 4.74. The molecule has 1 atom stereocenters. The first kappa shape index (κ1) is 13.5. The average Bonchev–Trinajstić information content (AvgIpc) is 2.63. The van der Waals surface area contributed by atoms with Crippen molar-refractivity contribution in [1.82, 2.24) is 4.90 Å². The lowest BCUT2D eigenvalue weighted by Gasteiger charge is -2.22. The third-order valence-corrected chi connectivity index (χ3v) is 3.20. The number of esters is 1. The molecule has 0 aromatic heterocycles. The highest BCUT2D eigenvalue weighted by molar-refractivity contribution is 5.77. The molecule has 16 heavy (non-hydrogen) atoms. The summed E-state index contributed by atoms with van der Waals surface area (Å²) in [6.07, 6.45) is 2.72. The highest BCUT2D eigenvalue weighted by atomic mass is 16.5. The number of hydrogen-bond acceptors (Lipinski definition) is 4. The van der Waals surface area contributed by atoms with Crippen LogP contribution in [-0.2, 0) is 9.53 Å². The van der Waals surface area contributed by atoms with Gasteiger partial charge in [0.15, 0.2) is 0 Å². The highest BCUT2D eigenvalue weighted by Crippen LogP contribution is 2.31. The molecule has 1 rings (SSSR count). The van der Waals surface area contributed by atoms with E-state index in [1.807, 2.05) is 13.8 Å². The number of carbonyl (C=O) groups excluding carboxylic acids is 1. The standard InChI is InChI=1S/C12H23NO3/c1-3-16-11(15)12(2)6-8-13(10-12)7-4-5-9-14/h14H,3-10H2,1-2H3. The molecule has 1 unspecified atom stereocenters. The van der Waals surface area contributed by atoms with Crippen molar-refractivity contribution in [2.24, 2.45) is 5.41 Å². The number of aliphatic hydroxyl groups excluding tert-OH is 1. The monoisotopic (exact) mass is 229 g/mol. The second kappa shape index (κ2) is 6.21. The van der Waals surface area contributed by atoms with Crippen LogP contribution in [-0.4, -0.2) is 48.8 Å². The van der Waals surface area contributed by atoms with Gasteiger partial charge in [-0.15, -0.1) is 0 Å². The first-order valence-electron chi connectivity index (χ1n) is 6.13. The summed E-state index contributed by atoms with van der Waals surface area (Å²) in [7, 11) is 0. The van der Waals surface area contributed by atoms with E-state index in [9.17, 15) is 4.79 Å². The Morgan fingerprint density at radius 1 is 1.50 bits per heavy atom. The summed E-state index contributed by atoms with van der Waals surface area (Å²) >= 11 is 0. The van der Waals surface area contributed by atoms with Gasteiger partial charge < -0.3 is 14.7 Å². The van der Waals surface area contributed by atoms with Crippen molar-refractivity contribution < 1.29 is 14.6 Å². The lowest BCUT2D eigenvalue weighted by atomic mass is 9.90. The molecule has 0 saturated carbocycles. The lowest BCUT2D eigenvalue weighted by Crippen LogP contribution is -2.33. The number of ether oxygens (including phenoxy) is 1. The van der Waals surface area contributed by atoms with Crippen molar-refractivity contribution in [2.75, 3.05) is 32.8 Å². The molecule has 4 nitrogen and oxygen atoms in total. The summed E-state index contributed by atoms with van der Waals surface area (Å²) in [4.78, 5) is 14.0. The van der Waals surface area contributed by atoms with Gasteiger partial charge in [0.25, 0.3) is 0 Å². The minimum atomic E-state index is -0.324. The molecule has 0 spiro atoms. The van der Waals surface area contributed by atoms with Crippen LogP contribution in [0.3, 0.4) is 0 Å². The summed E-state index contributed by atoms with van der Waals surface area (Å²) in [5.41, 5.74) is -0.324. The molecule has 0 aromatic rings. The van der Waals surface area contributed by atoms with E-state index < -0.39 is 0 Å². The second-order valence-corrected chi connectivity index (χ2v) is 4.74. The Balaban J connectivity index is 2.35. The Bertz CT molecular complexity index is 232. The molecule has 94 valence electrons. The number of nitrogens with zero attached hydrogens (tertiary/aromatic N) is 1. The average molecular weight is 229 g/mol. The van der Waals surface area contributed by atoms with E-state index in [0.29, 0.717) is 6.61 Å². The van der Waals surface area contributed by atoms with Crippen LogP contribution in [0.5, 0.6) is 0 Å². The molecule has 0 aliphatic carbocycles. The van der Waals surface area contributed by atoms with Crippen LogP contribution >= 0.6 is 0 Å². The summed E-state index contributed by atoms with van der Waals surface area (Å²) < 4.78 is 5.10. The fraction of sp³-hybridized carbons (Fsp3) is 0.917. The zero-order valence-corrected chi connectivity index (χ0v) is 10.4. The number of carbonyl (C=O) groups is 1. The van der Waals surface area contributed by atoms with Gasteiger partial charge in [-0.3, -0.25) is 4.79 Å². The Morgan fingerprint density at radius 3 is 2.88 bits per heavy atom. The van der Waals surface area contributed by atoms with E-state index in [1.54, 1.807) is 0 Å². The topological polar surface area (TPSA) is 49.8 Å². The molecule has 1 aliphatic rings. The van der Waals surface area contributed by atoms with Crippen LogP contribution in [0.1, 0.15) is 33.1 Å². The van der Waals surface area contributed by atoms with E-state index in [2.05, 4.69) is 4.90 Å². The fourth-order valence-electron chi connectivity index (χ4n) is 2.17. The van der Waals surface area contributed by atoms with Crippen LogP contribution in [0.25, 0.3) is 0 Å². The minimum Gasteiger partial charge on any atom is -0.466 e. The third-order valence-electron chi connectivity index (χ3n) is 3.20. The minimum absolute atomic E-state index is 0.0698. The fourth-order valence-corrected chi connectivity index (χ4v) is 2.17. The molecule has 1 heterocycles. The van der Waals surface area contributed by atoms with Gasteiger partial charge in [0.1, 0.15) is 0 Å². The molecule has 1 N–H and O–H groups in total. The maximum atomic E-state index is 11.8. The van der Waals surface area contributed by atoms with Crippen molar-refractivity contribution in [2.45, 2.75) is 33.1 Å². The quantitative estimate of drug-likeness (QED) is 0.546. The van der Waals surface area contributed by atoms with Gasteiger partial charge in [-0.2, -0.15) is 0 Å². The van der Waals surface area contributed by atoms with E-state index in [0.717, 1.165) is 38.9 Å². The Labute approximate surface area is 97.6 Å². The van der Waals surface area contributed by atoms with Gasteiger partial charge in [-0.05, 0) is 46.2 Å². The van der Waals surface area contributed by atoms with Gasteiger partial charge in [-0.25, -0.2) is 0 Å². The summed E-state index contributed by atoms with van der Waals surface area (Å²) in [6.45, 7) is 7.25. The van der Waals surface area contributed by atoms with Crippen LogP contribution in [0.2, 0.25) is 0 Å². The normalized spacial score (nSPS) is 25.9. The van der Waals surface area contributed by atoms with Crippen LogP contribution in [0.15, 0.2) is 0 Å². The van der Waals surface area contributed by atoms with E-state index >= 15 is 0 Å². The predicted octanol–water partition coefficient (Wildman–Crippen LogP) is 1.03. The van der Waals surface area contributed by atoms with Gasteiger partial charge in [0.2, 0.25) is 0 Å². The molecule has 4 heteroatoms. The number of likely N-dealkylation sites (tertiary alicyclic amines) is 1. The molecule has 0 aromatic carbocycles. The van der Waals surface area contributed by atoms with Crippen molar-refractivity contribution in [3.8, 4) is 0 Å². The number of hydrogen-bond donors (Lipinski definition) is 1. The first-order valence-corrected chi connectivity index (χ1v) is 6.13. The zero-order valence-electron chi connectivity index (χ0n) is 10.4. The largest absolute Gasteiger partial charge is 0.466 e. The summed E-state index contributed by atoms with van der Waals surface area (Å²) in [5.74, 6) is -0.0698. The number of aliphatic hydroxyl groups is 1. The lowest BCUT2D eigenvalue weighted by molar-refractivity contribution is -0.153. The van der Waals surface area contributed by atoms with Crippen molar-refractivity contribution in [3.05, 3.63) is 0 Å². The SMILES string of the molecule is CCOC(=O)C1(C)CCN(CCCCO)C1. The Kier molecular flexibility index (Phi) is 5.22. The molecule has 1 aliphatic heterocycles. The van der Waals surface area contributed by atoms with E-state index in [1.165, 1.54) is 0 Å². The maximum Gasteiger partial charge on any atom is 0.313 e. The van der Waals surface area contributed by atoms with Crippen LogP contribution in [0.4, 0.5) is 0 Å². The third kappa shape index (κ3) is 3.46. The molecule has 1 saturated heterocycles. The first-order chi connectivity index (χ1) is 7.62. The zero-order chi connectivity index (χ0) is 12.0. The van der Waals surface area contributed by atoms with E-state index in [-0.39, 0.29) is 18.0 Å². The molecule has 0 radical (unpaired) electrons. The van der Waals surface area contributed by atoms with Crippen LogP contribution in [0, 0.1) is 5.41 Å². The molecular weight excluding hydrogens is 206 g/mol. The Hall–Kier alpha value is -0.610. The van der Waals surface area contributed by atoms with Crippen molar-refractivity contribution in [3.63, 3.8) is 0 Å². The molecule has 1 fully saturated rings.